The first-order valence-electron chi connectivity index (χ1n) is 6.63. The number of anilines is 1. The van der Waals surface area contributed by atoms with Crippen LogP contribution < -0.4 is 5.01 Å². The molecule has 3 nitrogen and oxygen atoms in total. The van der Waals surface area contributed by atoms with Crippen LogP contribution in [0.25, 0.3) is 0 Å². The third kappa shape index (κ3) is 3.05. The van der Waals surface area contributed by atoms with E-state index in [9.17, 15) is 4.79 Å². The van der Waals surface area contributed by atoms with Crippen LogP contribution in [0.2, 0.25) is 5.02 Å². The molecular weight excluding hydrogens is 387 g/mol. The molecule has 0 saturated heterocycles. The molecule has 0 spiro atoms. The van der Waals surface area contributed by atoms with Gasteiger partial charge in [-0.3, -0.25) is 9.80 Å². The molecule has 6 heteroatoms. The van der Waals surface area contributed by atoms with Crippen LogP contribution in [0.3, 0.4) is 0 Å². The summed E-state index contributed by atoms with van der Waals surface area (Å²) in [5.74, 6) is 0. The highest BCUT2D eigenvalue weighted by molar-refractivity contribution is 9.10. The molecular formula is C16H11BrCl2N2O. The van der Waals surface area contributed by atoms with Gasteiger partial charge in [0.15, 0.2) is 0 Å². The van der Waals surface area contributed by atoms with Gasteiger partial charge in [-0.15, -0.1) is 0 Å². The highest BCUT2D eigenvalue weighted by Gasteiger charge is 2.32. The van der Waals surface area contributed by atoms with Crippen molar-refractivity contribution in [1.29, 1.82) is 0 Å². The lowest BCUT2D eigenvalue weighted by atomic mass is 10.0. The Kier molecular flexibility index (Phi) is 4.52. The zero-order chi connectivity index (χ0) is 15.7. The smallest absolute Gasteiger partial charge is 0.268 e. The predicted octanol–water partition coefficient (Wildman–Crippen LogP) is 5.18. The van der Waals surface area contributed by atoms with E-state index in [-0.39, 0.29) is 6.04 Å². The molecule has 1 heterocycles. The number of hydrogen-bond acceptors (Lipinski definition) is 3. The molecule has 0 bridgehead atoms. The molecule has 1 atom stereocenters. The Hall–Kier alpha value is -1.36. The molecule has 1 unspecified atom stereocenters. The number of hydrogen-bond donors (Lipinski definition) is 0. The number of benzene rings is 2. The van der Waals surface area contributed by atoms with E-state index in [0.717, 1.165) is 15.7 Å². The van der Waals surface area contributed by atoms with Gasteiger partial charge in [-0.1, -0.05) is 45.7 Å². The maximum Gasteiger partial charge on any atom is 0.268 e. The highest BCUT2D eigenvalue weighted by atomic mass is 79.9. The lowest BCUT2D eigenvalue weighted by Crippen LogP contribution is -2.18. The summed E-state index contributed by atoms with van der Waals surface area (Å²) < 4.78 is 0.974. The van der Waals surface area contributed by atoms with Crippen LogP contribution >= 0.6 is 39.1 Å². The minimum absolute atomic E-state index is 0.146. The lowest BCUT2D eigenvalue weighted by Gasteiger charge is -2.24. The molecule has 1 aliphatic heterocycles. The first-order chi connectivity index (χ1) is 10.6. The topological polar surface area (TPSA) is 32.7 Å². The number of carbonyl (C=O) groups is 1. The van der Waals surface area contributed by atoms with Gasteiger partial charge in [-0.05, 0) is 47.5 Å². The van der Waals surface area contributed by atoms with E-state index in [2.05, 4.69) is 21.0 Å². The van der Waals surface area contributed by atoms with Gasteiger partial charge in [-0.2, -0.15) is 5.10 Å². The van der Waals surface area contributed by atoms with Crippen LogP contribution in [0.1, 0.15) is 18.0 Å². The summed E-state index contributed by atoms with van der Waals surface area (Å²) in [6.07, 6.45) is 0.433. The minimum Gasteiger partial charge on any atom is -0.274 e. The van der Waals surface area contributed by atoms with Gasteiger partial charge in [-0.25, -0.2) is 0 Å². The van der Waals surface area contributed by atoms with Crippen LogP contribution in [0.5, 0.6) is 0 Å². The lowest BCUT2D eigenvalue weighted by molar-refractivity contribution is -0.106. The Labute approximate surface area is 146 Å². The second-order valence-corrected chi connectivity index (χ2v) is 6.55. The summed E-state index contributed by atoms with van der Waals surface area (Å²) in [6.45, 7) is 0. The highest BCUT2D eigenvalue weighted by Crippen LogP contribution is 2.38. The Morgan fingerprint density at radius 1 is 1.18 bits per heavy atom. The number of rotatable bonds is 3. The fraction of sp³-hybridized carbons (Fsp3) is 0.125. The van der Waals surface area contributed by atoms with E-state index in [1.54, 1.807) is 5.01 Å². The summed E-state index contributed by atoms with van der Waals surface area (Å²) in [4.78, 5) is 11.5. The molecule has 0 aliphatic carbocycles. The standard InChI is InChI=1S/C16H11BrCl2N2O/c17-10-5-7-11(8-6-10)21-15(9-14(20-21)16(19)22)12-3-1-2-4-13(12)18/h1-8,15H,9H2. The Morgan fingerprint density at radius 3 is 2.50 bits per heavy atom. The monoisotopic (exact) mass is 396 g/mol. The zero-order valence-corrected chi connectivity index (χ0v) is 14.4. The fourth-order valence-electron chi connectivity index (χ4n) is 2.45. The van der Waals surface area contributed by atoms with E-state index in [1.165, 1.54) is 0 Å². The molecule has 2 aromatic carbocycles. The van der Waals surface area contributed by atoms with Crippen molar-refractivity contribution in [3.8, 4) is 0 Å². The van der Waals surface area contributed by atoms with E-state index in [1.807, 2.05) is 48.5 Å². The van der Waals surface area contributed by atoms with Crippen LogP contribution in [0, 0.1) is 0 Å². The second-order valence-electron chi connectivity index (χ2n) is 4.88. The summed E-state index contributed by atoms with van der Waals surface area (Å²) in [6, 6.07) is 15.1. The molecule has 0 amide bonds. The first-order valence-corrected chi connectivity index (χ1v) is 8.17. The number of carbonyl (C=O) groups excluding carboxylic acids is 1. The molecule has 22 heavy (non-hydrogen) atoms. The largest absolute Gasteiger partial charge is 0.274 e. The summed E-state index contributed by atoms with van der Waals surface area (Å²) in [7, 11) is 0. The maximum atomic E-state index is 11.5. The normalized spacial score (nSPS) is 17.5. The first kappa shape index (κ1) is 15.5. The Bertz CT molecular complexity index is 746. The maximum absolute atomic E-state index is 11.5. The summed E-state index contributed by atoms with van der Waals surface area (Å²) >= 11 is 15.3. The van der Waals surface area contributed by atoms with Crippen LogP contribution in [0.15, 0.2) is 58.1 Å². The number of nitrogens with zero attached hydrogens (tertiary/aromatic N) is 2. The molecule has 0 saturated carbocycles. The Morgan fingerprint density at radius 2 is 1.86 bits per heavy atom. The average Bonchev–Trinajstić information content (AvgIpc) is 2.94. The summed E-state index contributed by atoms with van der Waals surface area (Å²) in [5, 5.41) is 6.29. The van der Waals surface area contributed by atoms with Crippen LogP contribution in [-0.4, -0.2) is 11.0 Å². The van der Waals surface area contributed by atoms with Gasteiger partial charge in [0.2, 0.25) is 0 Å². The van der Waals surface area contributed by atoms with Crippen molar-refractivity contribution >= 4 is 55.8 Å². The van der Waals surface area contributed by atoms with E-state index >= 15 is 0 Å². The molecule has 2 aromatic rings. The SMILES string of the molecule is O=C(Cl)C1=NN(c2ccc(Br)cc2)C(c2ccccc2Cl)C1. The number of halogens is 3. The van der Waals surface area contributed by atoms with Gasteiger partial charge in [0, 0.05) is 15.9 Å². The average molecular weight is 398 g/mol. The third-order valence-corrected chi connectivity index (χ3v) is 4.58. The van der Waals surface area contributed by atoms with Crippen LogP contribution in [0.4, 0.5) is 5.69 Å². The van der Waals surface area contributed by atoms with Crippen molar-refractivity contribution < 1.29 is 4.79 Å². The molecule has 0 radical (unpaired) electrons. The quantitative estimate of drug-likeness (QED) is 0.668. The van der Waals surface area contributed by atoms with Crippen molar-refractivity contribution in [2.75, 3.05) is 5.01 Å². The van der Waals surface area contributed by atoms with E-state index < -0.39 is 5.24 Å². The molecule has 0 aromatic heterocycles. The molecule has 1 aliphatic rings. The predicted molar refractivity (Wildman–Crippen MR) is 93.7 cm³/mol. The van der Waals surface area contributed by atoms with Crippen molar-refractivity contribution in [3.63, 3.8) is 0 Å². The van der Waals surface area contributed by atoms with Crippen LogP contribution in [-0.2, 0) is 4.79 Å². The van der Waals surface area contributed by atoms with Gasteiger partial charge in [0.1, 0.15) is 5.71 Å². The van der Waals surface area contributed by atoms with E-state index in [0.29, 0.717) is 17.2 Å². The van der Waals surface area contributed by atoms with Crippen molar-refractivity contribution in [3.05, 3.63) is 63.6 Å². The van der Waals surface area contributed by atoms with Gasteiger partial charge in [0.05, 0.1) is 11.7 Å². The van der Waals surface area contributed by atoms with Crippen molar-refractivity contribution in [1.82, 2.24) is 0 Å². The zero-order valence-electron chi connectivity index (χ0n) is 11.3. The number of hydrazone groups is 1. The van der Waals surface area contributed by atoms with E-state index in [4.69, 9.17) is 23.2 Å². The minimum atomic E-state index is -0.531. The van der Waals surface area contributed by atoms with Crippen molar-refractivity contribution in [2.24, 2.45) is 5.10 Å². The molecule has 3 rings (SSSR count). The molecule has 0 fully saturated rings. The van der Waals surface area contributed by atoms with Gasteiger partial charge < -0.3 is 0 Å². The second kappa shape index (κ2) is 6.41. The van der Waals surface area contributed by atoms with Gasteiger partial charge in [0.25, 0.3) is 5.24 Å². The third-order valence-electron chi connectivity index (χ3n) is 3.49. The fourth-order valence-corrected chi connectivity index (χ4v) is 3.09. The molecule has 112 valence electrons. The van der Waals surface area contributed by atoms with Gasteiger partial charge >= 0.3 is 0 Å². The van der Waals surface area contributed by atoms with Crippen molar-refractivity contribution in [2.45, 2.75) is 12.5 Å². The molecule has 0 N–H and O–H groups in total. The summed E-state index contributed by atoms with van der Waals surface area (Å²) in [5.41, 5.74) is 2.14. The Balaban J connectivity index is 2.04.